The molecule has 0 radical (unpaired) electrons. The van der Waals surface area contributed by atoms with Crippen LogP contribution in [0.1, 0.15) is 24.9 Å². The maximum absolute atomic E-state index is 13.0. The van der Waals surface area contributed by atoms with Crippen LogP contribution in [0.2, 0.25) is 0 Å². The summed E-state index contributed by atoms with van der Waals surface area (Å²) in [5.41, 5.74) is 0.747. The molecular weight excluding hydrogens is 223 g/mol. The number of benzene rings is 1. The highest BCUT2D eigenvalue weighted by molar-refractivity contribution is 6.05. The Labute approximate surface area is 98.2 Å². The second-order valence-corrected chi connectivity index (χ2v) is 4.11. The fourth-order valence-electron chi connectivity index (χ4n) is 1.86. The van der Waals surface area contributed by atoms with E-state index in [4.69, 9.17) is 0 Å². The van der Waals surface area contributed by atoms with Crippen LogP contribution in [0, 0.1) is 5.82 Å². The summed E-state index contributed by atoms with van der Waals surface area (Å²) >= 11 is 0. The van der Waals surface area contributed by atoms with Crippen molar-refractivity contribution in [1.29, 1.82) is 0 Å². The summed E-state index contributed by atoms with van der Waals surface area (Å²) in [4.78, 5) is 22.4. The molecule has 0 aromatic heterocycles. The van der Waals surface area contributed by atoms with Crippen LogP contribution in [0.25, 0.3) is 0 Å². The molecule has 1 heterocycles. The Morgan fingerprint density at radius 3 is 2.82 bits per heavy atom. The molecule has 4 nitrogen and oxygen atoms in total. The molecule has 0 aliphatic carbocycles. The van der Waals surface area contributed by atoms with Gasteiger partial charge in [-0.3, -0.25) is 20.2 Å². The van der Waals surface area contributed by atoms with Crippen molar-refractivity contribution in [2.45, 2.75) is 25.4 Å². The van der Waals surface area contributed by atoms with Crippen molar-refractivity contribution in [3.8, 4) is 0 Å². The Morgan fingerprint density at radius 1 is 1.47 bits per heavy atom. The SMILES string of the molecule is CC(NC1CC(=O)NC1=O)c1cccc(F)c1. The van der Waals surface area contributed by atoms with E-state index >= 15 is 0 Å². The van der Waals surface area contributed by atoms with Crippen LogP contribution in [0.15, 0.2) is 24.3 Å². The van der Waals surface area contributed by atoms with Gasteiger partial charge in [-0.05, 0) is 24.6 Å². The van der Waals surface area contributed by atoms with Crippen LogP contribution in [0.3, 0.4) is 0 Å². The quantitative estimate of drug-likeness (QED) is 0.766. The second-order valence-electron chi connectivity index (χ2n) is 4.11. The zero-order chi connectivity index (χ0) is 12.4. The Balaban J connectivity index is 2.04. The number of carbonyl (C=O) groups is 2. The molecule has 1 fully saturated rings. The Hall–Kier alpha value is -1.75. The summed E-state index contributed by atoms with van der Waals surface area (Å²) in [6.07, 6.45) is 0.137. The number of imide groups is 1. The Kier molecular flexibility index (Phi) is 3.19. The van der Waals surface area contributed by atoms with Gasteiger partial charge in [0.1, 0.15) is 5.82 Å². The fraction of sp³-hybridized carbons (Fsp3) is 0.333. The van der Waals surface area contributed by atoms with E-state index in [0.717, 1.165) is 5.56 Å². The van der Waals surface area contributed by atoms with E-state index < -0.39 is 6.04 Å². The zero-order valence-corrected chi connectivity index (χ0v) is 9.37. The average molecular weight is 236 g/mol. The summed E-state index contributed by atoms with van der Waals surface area (Å²) in [6, 6.07) is 5.44. The fourth-order valence-corrected chi connectivity index (χ4v) is 1.86. The van der Waals surface area contributed by atoms with E-state index in [9.17, 15) is 14.0 Å². The highest BCUT2D eigenvalue weighted by Crippen LogP contribution is 2.16. The van der Waals surface area contributed by atoms with Crippen molar-refractivity contribution in [3.05, 3.63) is 35.6 Å². The van der Waals surface area contributed by atoms with Crippen LogP contribution in [-0.4, -0.2) is 17.9 Å². The van der Waals surface area contributed by atoms with E-state index in [0.29, 0.717) is 0 Å². The maximum Gasteiger partial charge on any atom is 0.244 e. The van der Waals surface area contributed by atoms with Gasteiger partial charge in [0.25, 0.3) is 0 Å². The van der Waals surface area contributed by atoms with Gasteiger partial charge in [-0.25, -0.2) is 4.39 Å². The molecule has 2 amide bonds. The molecule has 1 saturated heterocycles. The molecule has 2 unspecified atom stereocenters. The number of rotatable bonds is 3. The van der Waals surface area contributed by atoms with Crippen LogP contribution >= 0.6 is 0 Å². The van der Waals surface area contributed by atoms with Crippen LogP contribution in [-0.2, 0) is 9.59 Å². The third-order valence-corrected chi connectivity index (χ3v) is 2.77. The minimum atomic E-state index is -0.527. The summed E-state index contributed by atoms with van der Waals surface area (Å²) in [5, 5.41) is 5.22. The Morgan fingerprint density at radius 2 is 2.24 bits per heavy atom. The first-order valence-corrected chi connectivity index (χ1v) is 5.41. The van der Waals surface area contributed by atoms with Gasteiger partial charge in [0.2, 0.25) is 11.8 Å². The third-order valence-electron chi connectivity index (χ3n) is 2.77. The molecule has 5 heteroatoms. The van der Waals surface area contributed by atoms with Gasteiger partial charge in [0.05, 0.1) is 12.5 Å². The first-order valence-electron chi connectivity index (χ1n) is 5.41. The monoisotopic (exact) mass is 236 g/mol. The van der Waals surface area contributed by atoms with E-state index in [1.807, 2.05) is 6.92 Å². The minimum Gasteiger partial charge on any atom is -0.299 e. The zero-order valence-electron chi connectivity index (χ0n) is 9.37. The molecule has 1 aromatic carbocycles. The van der Waals surface area contributed by atoms with E-state index in [-0.39, 0.29) is 30.1 Å². The summed E-state index contributed by atoms with van der Waals surface area (Å²) in [5.74, 6) is -0.916. The molecule has 90 valence electrons. The number of amides is 2. The number of halogens is 1. The normalized spacial score (nSPS) is 21.4. The van der Waals surface area contributed by atoms with Gasteiger partial charge >= 0.3 is 0 Å². The highest BCUT2D eigenvalue weighted by Gasteiger charge is 2.31. The van der Waals surface area contributed by atoms with Crippen LogP contribution in [0.5, 0.6) is 0 Å². The van der Waals surface area contributed by atoms with Crippen molar-refractivity contribution in [3.63, 3.8) is 0 Å². The van der Waals surface area contributed by atoms with Gasteiger partial charge in [0.15, 0.2) is 0 Å². The van der Waals surface area contributed by atoms with Gasteiger partial charge in [0, 0.05) is 6.04 Å². The lowest BCUT2D eigenvalue weighted by Gasteiger charge is -2.17. The number of nitrogens with one attached hydrogen (secondary N) is 2. The van der Waals surface area contributed by atoms with E-state index in [2.05, 4.69) is 10.6 Å². The second kappa shape index (κ2) is 4.63. The van der Waals surface area contributed by atoms with Crippen molar-refractivity contribution in [2.24, 2.45) is 0 Å². The molecule has 0 bridgehead atoms. The first-order chi connectivity index (χ1) is 8.06. The van der Waals surface area contributed by atoms with Crippen molar-refractivity contribution >= 4 is 11.8 Å². The summed E-state index contributed by atoms with van der Waals surface area (Å²) in [6.45, 7) is 1.82. The average Bonchev–Trinajstić information content (AvgIpc) is 2.57. The smallest absolute Gasteiger partial charge is 0.244 e. The third kappa shape index (κ3) is 2.68. The van der Waals surface area contributed by atoms with Gasteiger partial charge in [-0.15, -0.1) is 0 Å². The standard InChI is InChI=1S/C12H13FN2O2/c1-7(8-3-2-4-9(13)5-8)14-10-6-11(16)15-12(10)17/h2-5,7,10,14H,6H2,1H3,(H,15,16,17). The molecule has 2 N–H and O–H groups in total. The lowest BCUT2D eigenvalue weighted by Crippen LogP contribution is -2.37. The van der Waals surface area contributed by atoms with E-state index in [1.165, 1.54) is 12.1 Å². The Bertz CT molecular complexity index is 462. The largest absolute Gasteiger partial charge is 0.299 e. The lowest BCUT2D eigenvalue weighted by atomic mass is 10.1. The van der Waals surface area contributed by atoms with Crippen molar-refractivity contribution in [1.82, 2.24) is 10.6 Å². The summed E-state index contributed by atoms with van der Waals surface area (Å²) < 4.78 is 13.0. The van der Waals surface area contributed by atoms with Gasteiger partial charge < -0.3 is 0 Å². The maximum atomic E-state index is 13.0. The van der Waals surface area contributed by atoms with Crippen LogP contribution < -0.4 is 10.6 Å². The van der Waals surface area contributed by atoms with E-state index in [1.54, 1.807) is 12.1 Å². The highest BCUT2D eigenvalue weighted by atomic mass is 19.1. The number of carbonyl (C=O) groups excluding carboxylic acids is 2. The number of hydrogen-bond donors (Lipinski definition) is 2. The molecule has 0 saturated carbocycles. The number of hydrogen-bond acceptors (Lipinski definition) is 3. The first kappa shape index (κ1) is 11.7. The van der Waals surface area contributed by atoms with Crippen molar-refractivity contribution < 1.29 is 14.0 Å². The van der Waals surface area contributed by atoms with Gasteiger partial charge in [-0.1, -0.05) is 12.1 Å². The van der Waals surface area contributed by atoms with Crippen molar-refractivity contribution in [2.75, 3.05) is 0 Å². The molecule has 17 heavy (non-hydrogen) atoms. The summed E-state index contributed by atoms with van der Waals surface area (Å²) in [7, 11) is 0. The van der Waals surface area contributed by atoms with Gasteiger partial charge in [-0.2, -0.15) is 0 Å². The van der Waals surface area contributed by atoms with Crippen LogP contribution in [0.4, 0.5) is 4.39 Å². The lowest BCUT2D eigenvalue weighted by molar-refractivity contribution is -0.125. The predicted octanol–water partition coefficient (Wildman–Crippen LogP) is 0.891. The molecule has 1 aromatic rings. The molecule has 0 spiro atoms. The predicted molar refractivity (Wildman–Crippen MR) is 59.5 cm³/mol. The molecule has 2 rings (SSSR count). The molecule has 1 aliphatic rings. The molecule has 2 atom stereocenters. The topological polar surface area (TPSA) is 58.2 Å². The minimum absolute atomic E-state index is 0.137. The molecule has 1 aliphatic heterocycles. The molecular formula is C12H13FN2O2.